The van der Waals surface area contributed by atoms with Crippen LogP contribution in [0.5, 0.6) is 0 Å². The zero-order valence-electron chi connectivity index (χ0n) is 7.24. The summed E-state index contributed by atoms with van der Waals surface area (Å²) in [7, 11) is 3.01. The Bertz CT molecular complexity index is 583. The van der Waals surface area contributed by atoms with Crippen molar-refractivity contribution < 1.29 is 0 Å². The van der Waals surface area contributed by atoms with Crippen LogP contribution in [0.4, 0.5) is 0 Å². The predicted octanol–water partition coefficient (Wildman–Crippen LogP) is -2.34. The van der Waals surface area contributed by atoms with Gasteiger partial charge in [-0.25, -0.2) is 9.78 Å². The van der Waals surface area contributed by atoms with Gasteiger partial charge >= 0.3 is 64.8 Å². The number of imidazole rings is 1. The third kappa shape index (κ3) is 2.30. The Morgan fingerprint density at radius 3 is 2.40 bits per heavy atom. The van der Waals surface area contributed by atoms with E-state index in [9.17, 15) is 9.59 Å². The van der Waals surface area contributed by atoms with Crippen LogP contribution in [-0.2, 0) is 14.1 Å². The molecule has 0 aliphatic heterocycles. The minimum absolute atomic E-state index is 0. The molecule has 0 saturated carbocycles. The van der Waals surface area contributed by atoms with Crippen LogP contribution in [-0.4, -0.2) is 78.2 Å². The molecular weight excluding hydrogens is 218 g/mol. The van der Waals surface area contributed by atoms with Crippen molar-refractivity contribution in [2.24, 2.45) is 14.1 Å². The third-order valence-electron chi connectivity index (χ3n) is 2.03. The van der Waals surface area contributed by atoms with Crippen molar-refractivity contribution in [3.8, 4) is 0 Å². The van der Waals surface area contributed by atoms with Crippen LogP contribution in [0.25, 0.3) is 11.2 Å². The van der Waals surface area contributed by atoms with E-state index in [0.29, 0.717) is 11.2 Å². The van der Waals surface area contributed by atoms with Gasteiger partial charge in [-0.15, -0.1) is 0 Å². The van der Waals surface area contributed by atoms with Gasteiger partial charge in [-0.2, -0.15) is 0 Å². The fourth-order valence-corrected chi connectivity index (χ4v) is 1.27. The van der Waals surface area contributed by atoms with E-state index in [-0.39, 0.29) is 70.4 Å². The van der Waals surface area contributed by atoms with Crippen LogP contribution < -0.4 is 11.2 Å². The number of aromatic nitrogens is 4. The first-order chi connectivity index (χ1) is 6.13. The Morgan fingerprint density at radius 1 is 1.20 bits per heavy atom. The van der Waals surface area contributed by atoms with E-state index in [1.54, 1.807) is 7.05 Å². The molecule has 0 amide bonds. The van der Waals surface area contributed by atoms with Gasteiger partial charge < -0.3 is 4.98 Å². The number of nitrogens with one attached hydrogen (secondary N) is 1. The van der Waals surface area contributed by atoms with Gasteiger partial charge in [-0.05, 0) is 0 Å². The molecule has 0 saturated heterocycles. The van der Waals surface area contributed by atoms with Crippen molar-refractivity contribution >= 4 is 70.3 Å². The summed E-state index contributed by atoms with van der Waals surface area (Å²) in [6.07, 6.45) is 1.39. The third-order valence-corrected chi connectivity index (χ3v) is 2.03. The van der Waals surface area contributed by atoms with Gasteiger partial charge in [0.1, 0.15) is 5.52 Å². The molecule has 8 heteroatoms. The van der Waals surface area contributed by atoms with E-state index >= 15 is 0 Å². The van der Waals surface area contributed by atoms with Crippen molar-refractivity contribution in [2.45, 2.75) is 0 Å². The molecule has 72 valence electrons. The van der Waals surface area contributed by atoms with Crippen LogP contribution in [0.15, 0.2) is 15.9 Å². The van der Waals surface area contributed by atoms with Gasteiger partial charge in [0.2, 0.25) is 0 Å². The van der Waals surface area contributed by atoms with Crippen LogP contribution in [0.1, 0.15) is 0 Å². The van der Waals surface area contributed by atoms with Gasteiger partial charge in [0.15, 0.2) is 5.65 Å². The molecule has 0 aliphatic rings. The van der Waals surface area contributed by atoms with E-state index < -0.39 is 0 Å². The van der Waals surface area contributed by atoms with Gasteiger partial charge in [0.05, 0.1) is 6.33 Å². The van der Waals surface area contributed by atoms with Gasteiger partial charge in [-0.3, -0.25) is 13.9 Å². The van der Waals surface area contributed by atoms with Crippen LogP contribution in [0.2, 0.25) is 0 Å². The molecule has 15 heavy (non-hydrogen) atoms. The number of rotatable bonds is 0. The SMILES string of the molecule is Cn1c(=O)c2[nH]cnc2n(C)c1=O.[NaH].[NaH]. The Labute approximate surface area is 129 Å². The summed E-state index contributed by atoms with van der Waals surface area (Å²) in [5.41, 5.74) is 0.0119. The second-order valence-electron chi connectivity index (χ2n) is 2.81. The Morgan fingerprint density at radius 2 is 1.80 bits per heavy atom. The van der Waals surface area contributed by atoms with Gasteiger partial charge in [0, 0.05) is 14.1 Å². The topological polar surface area (TPSA) is 72.7 Å². The Balaban J connectivity index is 0.000000980. The monoisotopic (exact) mass is 228 g/mol. The fourth-order valence-electron chi connectivity index (χ4n) is 1.27. The summed E-state index contributed by atoms with van der Waals surface area (Å²) >= 11 is 0. The van der Waals surface area contributed by atoms with E-state index in [1.807, 2.05) is 0 Å². The second kappa shape index (κ2) is 5.47. The summed E-state index contributed by atoms with van der Waals surface area (Å²) in [5, 5.41) is 0. The van der Waals surface area contributed by atoms with E-state index in [2.05, 4.69) is 9.97 Å². The molecule has 1 N–H and O–H groups in total. The second-order valence-corrected chi connectivity index (χ2v) is 2.81. The first-order valence-corrected chi connectivity index (χ1v) is 3.72. The first-order valence-electron chi connectivity index (χ1n) is 3.72. The number of nitrogens with zero attached hydrogens (tertiary/aromatic N) is 3. The molecule has 2 aromatic heterocycles. The average molecular weight is 228 g/mol. The Kier molecular flexibility index (Phi) is 5.52. The predicted molar refractivity (Wildman–Crippen MR) is 60.9 cm³/mol. The molecule has 0 aliphatic carbocycles. The van der Waals surface area contributed by atoms with Crippen molar-refractivity contribution in [1.82, 2.24) is 19.1 Å². The van der Waals surface area contributed by atoms with E-state index in [0.717, 1.165) is 4.57 Å². The van der Waals surface area contributed by atoms with Crippen LogP contribution in [0.3, 0.4) is 0 Å². The molecule has 0 spiro atoms. The molecule has 0 aromatic carbocycles. The number of hydrogen-bond donors (Lipinski definition) is 1. The first kappa shape index (κ1) is 15.2. The zero-order valence-corrected chi connectivity index (χ0v) is 7.24. The average Bonchev–Trinajstić information content (AvgIpc) is 2.59. The number of aryl methyl sites for hydroxylation is 1. The normalized spacial score (nSPS) is 9.47. The van der Waals surface area contributed by atoms with Crippen LogP contribution >= 0.6 is 0 Å². The molecule has 0 bridgehead atoms. The molecule has 0 radical (unpaired) electrons. The number of hydrogen-bond acceptors (Lipinski definition) is 3. The van der Waals surface area contributed by atoms with Crippen LogP contribution in [0, 0.1) is 0 Å². The Hall–Kier alpha value is 0.150. The quantitative estimate of drug-likeness (QED) is 0.514. The molecule has 2 aromatic rings. The van der Waals surface area contributed by atoms with Crippen molar-refractivity contribution in [3.05, 3.63) is 27.2 Å². The fraction of sp³-hybridized carbons (Fsp3) is 0.286. The maximum atomic E-state index is 11.4. The number of fused-ring (bicyclic) bond motifs is 1. The molecule has 2 rings (SSSR count). The summed E-state index contributed by atoms with van der Waals surface area (Å²) < 4.78 is 2.37. The summed E-state index contributed by atoms with van der Waals surface area (Å²) in [6, 6.07) is 0. The molecule has 6 nitrogen and oxygen atoms in total. The van der Waals surface area contributed by atoms with E-state index in [4.69, 9.17) is 0 Å². The number of aromatic amines is 1. The maximum absolute atomic E-state index is 11.4. The molecule has 2 heterocycles. The summed E-state index contributed by atoms with van der Waals surface area (Å²) in [5.74, 6) is 0. The molecular formula is C7H10N4Na2O2. The standard InChI is InChI=1S/C7H8N4O2.2Na.2H/c1-10-5-4(8-3-9-5)6(12)11(2)7(10)13;;;;/h3H,1-2H3,(H,8,9);;;;. The number of H-pyrrole nitrogens is 1. The summed E-state index contributed by atoms with van der Waals surface area (Å²) in [6.45, 7) is 0. The van der Waals surface area contributed by atoms with Gasteiger partial charge in [0.25, 0.3) is 5.56 Å². The van der Waals surface area contributed by atoms with Crippen molar-refractivity contribution in [1.29, 1.82) is 0 Å². The minimum atomic E-state index is -0.371. The van der Waals surface area contributed by atoms with Gasteiger partial charge in [-0.1, -0.05) is 0 Å². The van der Waals surface area contributed by atoms with Crippen molar-refractivity contribution in [2.75, 3.05) is 0 Å². The zero-order chi connectivity index (χ0) is 9.59. The molecule has 0 unspecified atom stereocenters. The van der Waals surface area contributed by atoms with Crippen molar-refractivity contribution in [3.63, 3.8) is 0 Å². The van der Waals surface area contributed by atoms with E-state index in [1.165, 1.54) is 17.9 Å². The molecule has 0 fully saturated rings. The summed E-state index contributed by atoms with van der Waals surface area (Å²) in [4.78, 5) is 29.4. The molecule has 0 atom stereocenters.